The lowest BCUT2D eigenvalue weighted by molar-refractivity contribution is -0.384. The molecule has 2 rings (SSSR count). The van der Waals surface area contributed by atoms with E-state index in [9.17, 15) is 19.7 Å². The van der Waals surface area contributed by atoms with Crippen LogP contribution in [0.3, 0.4) is 0 Å². The van der Waals surface area contributed by atoms with E-state index in [0.717, 1.165) is 6.07 Å². The third kappa shape index (κ3) is 4.37. The number of hydrogen-bond donors (Lipinski definition) is 2. The summed E-state index contributed by atoms with van der Waals surface area (Å²) in [4.78, 5) is 37.7. The maximum atomic E-state index is 12.2. The smallest absolute Gasteiger partial charge is 0.308 e. The summed E-state index contributed by atoms with van der Waals surface area (Å²) >= 11 is 0. The summed E-state index contributed by atoms with van der Waals surface area (Å²) in [6.07, 6.45) is 3.65. The fourth-order valence-corrected chi connectivity index (χ4v) is 2.32. The van der Waals surface area contributed by atoms with Crippen molar-refractivity contribution in [3.63, 3.8) is 0 Å². The number of aliphatic carboxylic acids is 1. The summed E-state index contributed by atoms with van der Waals surface area (Å²) in [5, 5.41) is 26.7. The zero-order chi connectivity index (χ0) is 18.4. The van der Waals surface area contributed by atoms with Crippen molar-refractivity contribution in [2.24, 2.45) is 5.92 Å². The molecule has 1 aromatic heterocycles. The Balaban J connectivity index is 2.19. The van der Waals surface area contributed by atoms with E-state index in [4.69, 9.17) is 5.11 Å². The minimum absolute atomic E-state index is 0.0410. The third-order valence-corrected chi connectivity index (χ3v) is 3.60. The van der Waals surface area contributed by atoms with Gasteiger partial charge < -0.3 is 10.4 Å². The molecule has 1 amide bonds. The maximum absolute atomic E-state index is 12.2. The van der Waals surface area contributed by atoms with Gasteiger partial charge in [0, 0.05) is 18.2 Å². The first-order valence-electron chi connectivity index (χ1n) is 7.58. The number of benzene rings is 1. The number of amides is 1. The van der Waals surface area contributed by atoms with E-state index in [1.807, 2.05) is 6.92 Å². The molecule has 25 heavy (non-hydrogen) atoms. The van der Waals surface area contributed by atoms with Crippen molar-refractivity contribution in [2.75, 3.05) is 6.54 Å². The second-order valence-corrected chi connectivity index (χ2v) is 5.33. The van der Waals surface area contributed by atoms with Crippen LogP contribution in [0.4, 0.5) is 5.69 Å². The number of carbonyl (C=O) groups excluding carboxylic acids is 1. The van der Waals surface area contributed by atoms with Gasteiger partial charge in [-0.25, -0.2) is 9.67 Å². The molecule has 2 N–H and O–H groups in total. The van der Waals surface area contributed by atoms with Crippen LogP contribution in [0.5, 0.6) is 0 Å². The molecule has 0 saturated heterocycles. The predicted octanol–water partition coefficient (Wildman–Crippen LogP) is 1.41. The minimum Gasteiger partial charge on any atom is -0.481 e. The fourth-order valence-electron chi connectivity index (χ4n) is 2.32. The lowest BCUT2D eigenvalue weighted by Gasteiger charge is -2.12. The van der Waals surface area contributed by atoms with Crippen molar-refractivity contribution in [1.82, 2.24) is 20.1 Å². The van der Waals surface area contributed by atoms with Crippen LogP contribution >= 0.6 is 0 Å². The molecule has 0 aliphatic heterocycles. The number of carboxylic acid groups (broad SMARTS) is 1. The molecule has 0 aliphatic carbocycles. The molecular formula is C15H17N5O5. The van der Waals surface area contributed by atoms with Gasteiger partial charge in [0.2, 0.25) is 0 Å². The Labute approximate surface area is 142 Å². The fraction of sp³-hybridized carbons (Fsp3) is 0.333. The average Bonchev–Trinajstić information content (AvgIpc) is 3.11. The summed E-state index contributed by atoms with van der Waals surface area (Å²) in [6.45, 7) is 1.81. The maximum Gasteiger partial charge on any atom is 0.308 e. The van der Waals surface area contributed by atoms with Crippen LogP contribution < -0.4 is 5.32 Å². The highest BCUT2D eigenvalue weighted by Crippen LogP contribution is 2.23. The number of nitrogens with zero attached hydrogens (tertiary/aromatic N) is 4. The summed E-state index contributed by atoms with van der Waals surface area (Å²) in [5.74, 6) is -2.26. The molecule has 0 aliphatic rings. The van der Waals surface area contributed by atoms with Crippen LogP contribution in [0, 0.1) is 16.0 Å². The Hall–Kier alpha value is -3.30. The van der Waals surface area contributed by atoms with Gasteiger partial charge in [-0.05, 0) is 18.6 Å². The van der Waals surface area contributed by atoms with E-state index in [2.05, 4.69) is 15.4 Å². The molecule has 1 heterocycles. The zero-order valence-corrected chi connectivity index (χ0v) is 13.5. The Morgan fingerprint density at radius 2 is 2.20 bits per heavy atom. The zero-order valence-electron chi connectivity index (χ0n) is 13.5. The molecule has 0 saturated carbocycles. The van der Waals surface area contributed by atoms with Gasteiger partial charge in [0.05, 0.1) is 10.8 Å². The van der Waals surface area contributed by atoms with Gasteiger partial charge in [-0.1, -0.05) is 13.3 Å². The monoisotopic (exact) mass is 347 g/mol. The van der Waals surface area contributed by atoms with Crippen molar-refractivity contribution in [2.45, 2.75) is 19.8 Å². The standard InChI is InChI=1S/C15H17N5O5/c1-2-3-11(15(22)23)7-17-14(21)10-4-5-12(13(6-10)20(24)25)19-9-16-8-18-19/h4-6,8-9,11H,2-3,7H2,1H3,(H,17,21)(H,22,23). The third-order valence-electron chi connectivity index (χ3n) is 3.60. The lowest BCUT2D eigenvalue weighted by atomic mass is 10.0. The van der Waals surface area contributed by atoms with Gasteiger partial charge in [-0.15, -0.1) is 0 Å². The molecule has 0 radical (unpaired) electrons. The summed E-state index contributed by atoms with van der Waals surface area (Å²) in [6, 6.07) is 3.93. The van der Waals surface area contributed by atoms with Gasteiger partial charge >= 0.3 is 5.97 Å². The molecule has 2 aromatic rings. The molecule has 10 heteroatoms. The highest BCUT2D eigenvalue weighted by Gasteiger charge is 2.21. The Bertz CT molecular complexity index is 775. The summed E-state index contributed by atoms with van der Waals surface area (Å²) < 4.78 is 1.22. The number of nitro groups is 1. The number of carbonyl (C=O) groups is 2. The molecule has 0 spiro atoms. The first-order chi connectivity index (χ1) is 11.9. The number of carboxylic acids is 1. The molecule has 0 fully saturated rings. The SMILES string of the molecule is CCCC(CNC(=O)c1ccc(-n2cncn2)c([N+](=O)[O-])c1)C(=O)O. The van der Waals surface area contributed by atoms with Crippen LogP contribution in [-0.4, -0.2) is 43.2 Å². The molecular weight excluding hydrogens is 330 g/mol. The number of rotatable bonds is 8. The summed E-state index contributed by atoms with van der Waals surface area (Å²) in [5.41, 5.74) is -0.0638. The van der Waals surface area contributed by atoms with Gasteiger partial charge in [-0.3, -0.25) is 19.7 Å². The number of nitro benzene ring substituents is 1. The minimum atomic E-state index is -0.991. The number of aromatic nitrogens is 3. The van der Waals surface area contributed by atoms with Gasteiger partial charge in [-0.2, -0.15) is 5.10 Å². The van der Waals surface area contributed by atoms with Gasteiger partial charge in [0.15, 0.2) is 0 Å². The Morgan fingerprint density at radius 3 is 2.76 bits per heavy atom. The summed E-state index contributed by atoms with van der Waals surface area (Å²) in [7, 11) is 0. The molecule has 132 valence electrons. The quantitative estimate of drug-likeness (QED) is 0.543. The Kier molecular flexibility index (Phi) is 5.77. The largest absolute Gasteiger partial charge is 0.481 e. The molecule has 0 bridgehead atoms. The highest BCUT2D eigenvalue weighted by molar-refractivity contribution is 5.95. The van der Waals surface area contributed by atoms with Crippen molar-refractivity contribution in [3.8, 4) is 5.69 Å². The highest BCUT2D eigenvalue weighted by atomic mass is 16.6. The molecule has 1 aromatic carbocycles. The van der Waals surface area contributed by atoms with Crippen molar-refractivity contribution in [1.29, 1.82) is 0 Å². The normalized spacial score (nSPS) is 11.7. The van der Waals surface area contributed by atoms with Crippen LogP contribution in [0.1, 0.15) is 30.1 Å². The van der Waals surface area contributed by atoms with Crippen LogP contribution in [0.15, 0.2) is 30.9 Å². The number of nitrogens with one attached hydrogen (secondary N) is 1. The van der Waals surface area contributed by atoms with Crippen LogP contribution in [0.2, 0.25) is 0 Å². The Morgan fingerprint density at radius 1 is 1.44 bits per heavy atom. The van der Waals surface area contributed by atoms with Crippen LogP contribution in [-0.2, 0) is 4.79 Å². The van der Waals surface area contributed by atoms with E-state index < -0.39 is 22.7 Å². The first kappa shape index (κ1) is 18.0. The second kappa shape index (κ2) is 7.99. The van der Waals surface area contributed by atoms with Crippen molar-refractivity contribution >= 4 is 17.6 Å². The van der Waals surface area contributed by atoms with E-state index >= 15 is 0 Å². The molecule has 1 atom stereocenters. The lowest BCUT2D eigenvalue weighted by Crippen LogP contribution is -2.33. The van der Waals surface area contributed by atoms with Crippen LogP contribution in [0.25, 0.3) is 5.69 Å². The molecule has 1 unspecified atom stereocenters. The van der Waals surface area contributed by atoms with E-state index in [-0.39, 0.29) is 23.5 Å². The van der Waals surface area contributed by atoms with E-state index in [0.29, 0.717) is 12.8 Å². The van der Waals surface area contributed by atoms with E-state index in [1.165, 1.54) is 29.5 Å². The van der Waals surface area contributed by atoms with Crippen molar-refractivity contribution in [3.05, 3.63) is 46.5 Å². The molecule has 10 nitrogen and oxygen atoms in total. The first-order valence-corrected chi connectivity index (χ1v) is 7.58. The van der Waals surface area contributed by atoms with Gasteiger partial charge in [0.1, 0.15) is 18.3 Å². The topological polar surface area (TPSA) is 140 Å². The average molecular weight is 347 g/mol. The van der Waals surface area contributed by atoms with Gasteiger partial charge in [0.25, 0.3) is 11.6 Å². The number of hydrogen-bond acceptors (Lipinski definition) is 6. The van der Waals surface area contributed by atoms with Crippen molar-refractivity contribution < 1.29 is 19.6 Å². The second-order valence-electron chi connectivity index (χ2n) is 5.33. The predicted molar refractivity (Wildman–Crippen MR) is 86.4 cm³/mol. The van der Waals surface area contributed by atoms with E-state index in [1.54, 1.807) is 0 Å².